The molecule has 0 aliphatic carbocycles. The summed E-state index contributed by atoms with van der Waals surface area (Å²) in [6.45, 7) is 19.5. The van der Waals surface area contributed by atoms with Gasteiger partial charge in [-0.15, -0.1) is 0 Å². The molecule has 5 aliphatic rings. The fourth-order valence-electron chi connectivity index (χ4n) is 9.57. The van der Waals surface area contributed by atoms with Crippen LogP contribution in [-0.4, -0.2) is 86.9 Å². The second-order valence-electron chi connectivity index (χ2n) is 19.0. The van der Waals surface area contributed by atoms with E-state index in [2.05, 4.69) is 29.1 Å². The van der Waals surface area contributed by atoms with Crippen molar-refractivity contribution in [1.82, 2.24) is 4.90 Å². The van der Waals surface area contributed by atoms with Crippen LogP contribution in [0.1, 0.15) is 116 Å². The number of Topliss-reactive ketones (excluding diaryl/α,β-unsaturated/α-hetero) is 1. The summed E-state index contributed by atoms with van der Waals surface area (Å²) in [7, 11) is 0. The number of allylic oxidation sites excluding steroid dienone is 4. The van der Waals surface area contributed by atoms with E-state index in [4.69, 9.17) is 20.2 Å². The van der Waals surface area contributed by atoms with E-state index in [0.29, 0.717) is 37.3 Å². The molecule has 5 bridgehead atoms. The molecule has 0 aromatic heterocycles. The lowest BCUT2D eigenvalue weighted by molar-refractivity contribution is -0.159. The molecule has 1 saturated heterocycles. The number of piperidine rings is 1. The van der Waals surface area contributed by atoms with Gasteiger partial charge in [-0.3, -0.25) is 24.2 Å². The number of likely N-dealkylation sites (tertiary alicyclic amines) is 1. The van der Waals surface area contributed by atoms with Crippen molar-refractivity contribution in [3.63, 3.8) is 0 Å². The van der Waals surface area contributed by atoms with Gasteiger partial charge in [0.1, 0.15) is 34.0 Å². The summed E-state index contributed by atoms with van der Waals surface area (Å²) in [6.07, 6.45) is 9.61. The Labute approximate surface area is 364 Å². The molecule has 0 radical (unpaired) electrons. The third kappa shape index (κ3) is 9.32. The molecule has 0 saturated carbocycles. The topological polar surface area (TPSA) is 213 Å². The van der Waals surface area contributed by atoms with Crippen molar-refractivity contribution in [1.29, 1.82) is 0 Å². The summed E-state index contributed by atoms with van der Waals surface area (Å²) in [5, 5.41) is 39.6. The average Bonchev–Trinajstić information content (AvgIpc) is 3.71. The zero-order chi connectivity index (χ0) is 45.4. The number of esters is 1. The first-order valence-electron chi connectivity index (χ1n) is 22.1. The minimum atomic E-state index is -1.40. The largest absolute Gasteiger partial charge is 0.507 e. The van der Waals surface area contributed by atoms with Crippen LogP contribution in [0.3, 0.4) is 0 Å². The third-order valence-electron chi connectivity index (χ3n) is 13.2. The molecular formula is C48H65N5O9. The maximum Gasteiger partial charge on any atom is 0.306 e. The van der Waals surface area contributed by atoms with Crippen molar-refractivity contribution in [2.24, 2.45) is 45.3 Å². The van der Waals surface area contributed by atoms with Gasteiger partial charge in [-0.1, -0.05) is 71.9 Å². The van der Waals surface area contributed by atoms with E-state index in [-0.39, 0.29) is 92.5 Å². The number of nitrogens with two attached hydrogens (primary N) is 1. The maximum atomic E-state index is 14.8. The number of ether oxygens (including phenoxy) is 2. The lowest BCUT2D eigenvalue weighted by Crippen LogP contribution is -2.47. The van der Waals surface area contributed by atoms with Crippen molar-refractivity contribution in [2.75, 3.05) is 25.0 Å². The van der Waals surface area contributed by atoms with Crippen LogP contribution in [0.4, 0.5) is 5.69 Å². The Hall–Kier alpha value is -5.08. The number of carbonyl (C=O) groups is 4. The Balaban J connectivity index is 1.48. The molecule has 6 N–H and O–H groups in total. The van der Waals surface area contributed by atoms with Crippen LogP contribution in [-0.2, 0) is 19.1 Å². The molecule has 14 nitrogen and oxygen atoms in total. The van der Waals surface area contributed by atoms with Crippen molar-refractivity contribution in [2.45, 2.75) is 131 Å². The number of aliphatic hydroxyl groups is 1. The number of phenols is 2. The highest BCUT2D eigenvalue weighted by atomic mass is 16.5. The van der Waals surface area contributed by atoms with E-state index in [9.17, 15) is 34.5 Å². The lowest BCUT2D eigenvalue weighted by Gasteiger charge is -2.38. The Morgan fingerprint density at radius 2 is 1.71 bits per heavy atom. The smallest absolute Gasteiger partial charge is 0.306 e. The molecule has 7 atom stereocenters. The third-order valence-corrected chi connectivity index (χ3v) is 13.2. The molecule has 62 heavy (non-hydrogen) atoms. The fourth-order valence-corrected chi connectivity index (χ4v) is 9.57. The van der Waals surface area contributed by atoms with E-state index in [1.807, 2.05) is 45.9 Å². The second-order valence-corrected chi connectivity index (χ2v) is 19.0. The fraction of sp³-hybridized carbons (Fsp3) is 0.583. The van der Waals surface area contributed by atoms with Crippen LogP contribution in [0.2, 0.25) is 0 Å². The summed E-state index contributed by atoms with van der Waals surface area (Å²) in [5.41, 5.74) is 4.25. The number of primary amides is 1. The number of ketones is 1. The Kier molecular flexibility index (Phi) is 13.7. The number of aliphatic hydroxyl groups excluding tert-OH is 1. The summed E-state index contributed by atoms with van der Waals surface area (Å²) in [5.74, 6) is -3.20. The van der Waals surface area contributed by atoms with Gasteiger partial charge >= 0.3 is 5.97 Å². The van der Waals surface area contributed by atoms with E-state index in [1.54, 1.807) is 32.9 Å². The van der Waals surface area contributed by atoms with E-state index >= 15 is 0 Å². The van der Waals surface area contributed by atoms with E-state index < -0.39 is 52.9 Å². The van der Waals surface area contributed by atoms with Crippen LogP contribution >= 0.6 is 0 Å². The van der Waals surface area contributed by atoms with Gasteiger partial charge in [0.15, 0.2) is 11.4 Å². The molecule has 2 aromatic rings. The van der Waals surface area contributed by atoms with Crippen LogP contribution in [0, 0.1) is 36.5 Å². The normalized spacial score (nSPS) is 30.0. The predicted molar refractivity (Wildman–Crippen MR) is 236 cm³/mol. The quantitative estimate of drug-likeness (QED) is 0.132. The zero-order valence-corrected chi connectivity index (χ0v) is 37.7. The number of amides is 2. The Bertz CT molecular complexity index is 2340. The van der Waals surface area contributed by atoms with Gasteiger partial charge in [0.25, 0.3) is 5.91 Å². The van der Waals surface area contributed by atoms with Gasteiger partial charge in [0.2, 0.25) is 11.7 Å². The molecule has 5 aliphatic heterocycles. The number of benzene rings is 2. The predicted octanol–water partition coefficient (Wildman–Crippen LogP) is 5.86. The summed E-state index contributed by atoms with van der Waals surface area (Å²) >= 11 is 0. The van der Waals surface area contributed by atoms with Crippen LogP contribution in [0.25, 0.3) is 10.8 Å². The average molecular weight is 856 g/mol. The first-order valence-corrected chi connectivity index (χ1v) is 22.1. The number of fused-ring (bicyclic) bond motifs is 13. The highest BCUT2D eigenvalue weighted by molar-refractivity contribution is 6.22. The van der Waals surface area contributed by atoms with Crippen molar-refractivity contribution in [3.8, 4) is 17.2 Å². The summed E-state index contributed by atoms with van der Waals surface area (Å²) in [6, 6.07) is 0. The zero-order valence-electron chi connectivity index (χ0n) is 37.7. The van der Waals surface area contributed by atoms with Gasteiger partial charge in [0.05, 0.1) is 29.2 Å². The van der Waals surface area contributed by atoms with Crippen LogP contribution < -0.4 is 26.5 Å². The first-order chi connectivity index (χ1) is 29.2. The summed E-state index contributed by atoms with van der Waals surface area (Å²) < 4.78 is 12.5. The number of nitrogens with one attached hydrogen (secondary N) is 1. The van der Waals surface area contributed by atoms with Crippen molar-refractivity contribution >= 4 is 40.0 Å². The molecule has 2 aromatic carbocycles. The van der Waals surface area contributed by atoms with E-state index in [0.717, 1.165) is 19.6 Å². The molecule has 5 heterocycles. The summed E-state index contributed by atoms with van der Waals surface area (Å²) in [4.78, 5) is 65.1. The number of nitrogens with zero attached hydrogens (tertiary/aromatic N) is 3. The number of aromatic hydroxyl groups is 2. The molecule has 14 heteroatoms. The molecule has 336 valence electrons. The number of hydrogen-bond acceptors (Lipinski definition) is 12. The number of phenolic OH excluding ortho intramolecular Hbond substituents is 2. The second kappa shape index (κ2) is 18.3. The van der Waals surface area contributed by atoms with Gasteiger partial charge < -0.3 is 40.7 Å². The monoisotopic (exact) mass is 855 g/mol. The van der Waals surface area contributed by atoms with Crippen LogP contribution in [0.5, 0.6) is 17.2 Å². The number of anilines is 1. The Morgan fingerprint density at radius 1 is 1.02 bits per heavy atom. The van der Waals surface area contributed by atoms with Gasteiger partial charge in [-0.05, 0) is 57.3 Å². The number of carbonyl (C=O) groups excluding carboxylic acids is 4. The SMILES string of the molecule is C/C1=C/C=C/[C@H](C)C[C@@H](C)[C@@H](O)[C@@H](C)[C@H](OC(=O)CCC(N)=O)[C@H](C)C/C=C/C[C@@]2(C)Oc3c(C)c(O)c4c(O)c(c5c(c4c3C2=O)NC2(CCN(CC(C)C)CC2)N=5)=NC1=O. The van der Waals surface area contributed by atoms with Crippen LogP contribution in [0.15, 0.2) is 45.9 Å². The highest BCUT2D eigenvalue weighted by Crippen LogP contribution is 2.51. The minimum absolute atomic E-state index is 0.00903. The number of hydrogen-bond donors (Lipinski definition) is 5. The van der Waals surface area contributed by atoms with E-state index in [1.165, 1.54) is 0 Å². The minimum Gasteiger partial charge on any atom is -0.507 e. The Morgan fingerprint density at radius 3 is 2.37 bits per heavy atom. The van der Waals surface area contributed by atoms with Gasteiger partial charge in [-0.2, -0.15) is 0 Å². The van der Waals surface area contributed by atoms with Crippen molar-refractivity contribution in [3.05, 3.63) is 57.8 Å². The molecule has 1 spiro atoms. The highest BCUT2D eigenvalue weighted by Gasteiger charge is 2.48. The van der Waals surface area contributed by atoms with Crippen molar-refractivity contribution < 1.29 is 44.0 Å². The molecular weight excluding hydrogens is 791 g/mol. The standard InChI is InChI=1S/C48H65N5O9/c1-25(2)24-53-21-19-48(20-22-53)51-37-34-35-41(57)31(8)44-36(34)45(59)47(9,62-44)18-11-10-14-27(4)43(61-33(55)17-16-32(49)54)30(7)40(56)29(6)23-26(3)13-12-15-28(5)46(60)50-39(42(35)58)38(37)52-48/h10-13,15,25-27,29-30,40,43,51,56-58H,14,16-24H2,1-9H3,(H2,49,54)/b11-10+,13-12+,28-15-,50-39?/t26-,27+,29+,30+,40+,43+,47+/m0/s1. The molecule has 7 rings (SSSR count). The molecule has 0 unspecified atom stereocenters. The maximum absolute atomic E-state index is 14.8. The van der Waals surface area contributed by atoms with Gasteiger partial charge in [0, 0.05) is 67.8 Å². The molecule has 2 amide bonds. The van der Waals surface area contributed by atoms with Gasteiger partial charge in [-0.25, -0.2) is 4.99 Å². The lowest BCUT2D eigenvalue weighted by atomic mass is 9.80. The number of rotatable bonds is 6. The first kappa shape index (κ1) is 46.4. The molecule has 1 fully saturated rings.